The van der Waals surface area contributed by atoms with Gasteiger partial charge in [0.05, 0.1) is 31.5 Å². The third-order valence-corrected chi connectivity index (χ3v) is 6.39. The summed E-state index contributed by atoms with van der Waals surface area (Å²) in [6, 6.07) is 17.4. The molecule has 8 heteroatoms. The summed E-state index contributed by atoms with van der Waals surface area (Å²) in [6.07, 6.45) is 1.78. The Bertz CT molecular complexity index is 1210. The summed E-state index contributed by atoms with van der Waals surface area (Å²) in [5.41, 5.74) is 2.57. The molecule has 1 unspecified atom stereocenters. The van der Waals surface area contributed by atoms with Gasteiger partial charge in [-0.15, -0.1) is 0 Å². The third-order valence-electron chi connectivity index (χ3n) is 6.39. The van der Waals surface area contributed by atoms with Crippen molar-refractivity contribution in [2.45, 2.75) is 19.9 Å². The van der Waals surface area contributed by atoms with Gasteiger partial charge in [0.15, 0.2) is 0 Å². The maximum absolute atomic E-state index is 13.8. The average molecular weight is 474 g/mol. The van der Waals surface area contributed by atoms with Crippen molar-refractivity contribution in [3.63, 3.8) is 0 Å². The zero-order valence-electron chi connectivity index (χ0n) is 20.6. The molecule has 3 aromatic rings. The van der Waals surface area contributed by atoms with Crippen LogP contribution in [0.15, 0.2) is 54.7 Å². The molecule has 182 valence electrons. The van der Waals surface area contributed by atoms with E-state index in [4.69, 9.17) is 14.6 Å². The number of ether oxygens (including phenoxy) is 2. The van der Waals surface area contributed by atoms with Crippen LogP contribution in [0.2, 0.25) is 0 Å². The molecule has 1 aliphatic rings. The van der Waals surface area contributed by atoms with Gasteiger partial charge < -0.3 is 14.4 Å². The number of carbonyl (C=O) groups excluding carboxylic acids is 1. The van der Waals surface area contributed by atoms with Crippen molar-refractivity contribution in [3.8, 4) is 34.5 Å². The first-order chi connectivity index (χ1) is 17.0. The first kappa shape index (κ1) is 24.3. The second-order valence-electron chi connectivity index (χ2n) is 8.88. The molecule has 1 saturated heterocycles. The van der Waals surface area contributed by atoms with Gasteiger partial charge in [-0.1, -0.05) is 32.0 Å². The van der Waals surface area contributed by atoms with Crippen molar-refractivity contribution in [1.29, 1.82) is 5.26 Å². The topological polar surface area (TPSA) is 83.6 Å². The van der Waals surface area contributed by atoms with Crippen molar-refractivity contribution >= 4 is 5.91 Å². The molecule has 35 heavy (non-hydrogen) atoms. The molecular formula is C27H31N5O3. The van der Waals surface area contributed by atoms with Gasteiger partial charge >= 0.3 is 0 Å². The summed E-state index contributed by atoms with van der Waals surface area (Å²) in [5, 5.41) is 14.4. The van der Waals surface area contributed by atoms with Crippen molar-refractivity contribution in [2.24, 2.45) is 5.92 Å². The fourth-order valence-corrected chi connectivity index (χ4v) is 4.47. The Balaban J connectivity index is 1.70. The van der Waals surface area contributed by atoms with Gasteiger partial charge in [-0.25, -0.2) is 4.68 Å². The average Bonchev–Trinajstić information content (AvgIpc) is 3.34. The number of piperazine rings is 1. The lowest BCUT2D eigenvalue weighted by Crippen LogP contribution is -2.52. The minimum atomic E-state index is -0.148. The number of amides is 1. The molecule has 1 amide bonds. The fraction of sp³-hybridized carbons (Fsp3) is 0.370. The monoisotopic (exact) mass is 473 g/mol. The van der Waals surface area contributed by atoms with Crippen LogP contribution in [0.4, 0.5) is 0 Å². The fourth-order valence-electron chi connectivity index (χ4n) is 4.47. The lowest BCUT2D eigenvalue weighted by molar-refractivity contribution is 0.0577. The second kappa shape index (κ2) is 10.6. The van der Waals surface area contributed by atoms with Crippen molar-refractivity contribution in [3.05, 3.63) is 60.3 Å². The number of nitrogens with zero attached hydrogens (tertiary/aromatic N) is 5. The molecule has 0 saturated carbocycles. The smallest absolute Gasteiger partial charge is 0.257 e. The summed E-state index contributed by atoms with van der Waals surface area (Å²) in [6.45, 7) is 6.53. The van der Waals surface area contributed by atoms with Crippen LogP contribution in [0.3, 0.4) is 0 Å². The largest absolute Gasteiger partial charge is 0.497 e. The Morgan fingerprint density at radius 3 is 2.34 bits per heavy atom. The highest BCUT2D eigenvalue weighted by molar-refractivity contribution is 6.00. The van der Waals surface area contributed by atoms with E-state index < -0.39 is 0 Å². The van der Waals surface area contributed by atoms with E-state index in [1.165, 1.54) is 0 Å². The van der Waals surface area contributed by atoms with Crippen LogP contribution >= 0.6 is 0 Å². The molecule has 1 fully saturated rings. The van der Waals surface area contributed by atoms with E-state index in [1.807, 2.05) is 53.4 Å². The zero-order chi connectivity index (χ0) is 24.9. The van der Waals surface area contributed by atoms with Crippen LogP contribution in [0.5, 0.6) is 11.5 Å². The lowest BCUT2D eigenvalue weighted by Gasteiger charge is -2.38. The van der Waals surface area contributed by atoms with Crippen molar-refractivity contribution in [2.75, 3.05) is 40.4 Å². The maximum atomic E-state index is 13.8. The SMILES string of the molecule is COc1ccc(OC)c(-c2nn(-c3ccccc3)cc2C(=O)N2CCN(C(C#N)C(C)C)CC2)c1. The lowest BCUT2D eigenvalue weighted by atomic mass is 10.0. The first-order valence-corrected chi connectivity index (χ1v) is 11.8. The number of hydrogen-bond acceptors (Lipinski definition) is 6. The van der Waals surface area contributed by atoms with Crippen LogP contribution < -0.4 is 9.47 Å². The second-order valence-corrected chi connectivity index (χ2v) is 8.88. The predicted molar refractivity (Wildman–Crippen MR) is 134 cm³/mol. The number of methoxy groups -OCH3 is 2. The minimum absolute atomic E-state index is 0.0928. The van der Waals surface area contributed by atoms with Gasteiger partial charge in [-0.05, 0) is 36.2 Å². The molecule has 4 rings (SSSR count). The standard InChI is InChI=1S/C27H31N5O3/c1-19(2)24(17-28)30-12-14-31(15-13-30)27(33)23-18-32(20-8-6-5-7-9-20)29-26(23)22-16-21(34-3)10-11-25(22)35-4/h5-11,16,18-19,24H,12-15H2,1-4H3. The molecule has 8 nitrogen and oxygen atoms in total. The minimum Gasteiger partial charge on any atom is -0.497 e. The number of rotatable bonds is 7. The van der Waals surface area contributed by atoms with E-state index in [1.54, 1.807) is 25.1 Å². The van der Waals surface area contributed by atoms with E-state index in [0.717, 1.165) is 5.69 Å². The van der Waals surface area contributed by atoms with Crippen molar-refractivity contribution in [1.82, 2.24) is 19.6 Å². The molecule has 0 bridgehead atoms. The summed E-state index contributed by atoms with van der Waals surface area (Å²) in [4.78, 5) is 17.8. The molecule has 0 aliphatic carbocycles. The Hall–Kier alpha value is -3.83. The molecule has 0 N–H and O–H groups in total. The zero-order valence-corrected chi connectivity index (χ0v) is 20.6. The van der Waals surface area contributed by atoms with E-state index in [2.05, 4.69) is 24.8 Å². The van der Waals surface area contributed by atoms with Gasteiger partial charge in [0.1, 0.15) is 23.2 Å². The van der Waals surface area contributed by atoms with Gasteiger partial charge in [-0.3, -0.25) is 9.69 Å². The Morgan fingerprint density at radius 1 is 1.03 bits per heavy atom. The number of para-hydroxylation sites is 1. The molecule has 1 atom stereocenters. The van der Waals surface area contributed by atoms with Crippen LogP contribution in [-0.2, 0) is 0 Å². The van der Waals surface area contributed by atoms with Gasteiger partial charge in [-0.2, -0.15) is 10.4 Å². The Morgan fingerprint density at radius 2 is 1.74 bits per heavy atom. The number of nitriles is 1. The third kappa shape index (κ3) is 5.00. The van der Waals surface area contributed by atoms with E-state index >= 15 is 0 Å². The van der Waals surface area contributed by atoms with Crippen LogP contribution in [0.1, 0.15) is 24.2 Å². The highest BCUT2D eigenvalue weighted by Crippen LogP contribution is 2.35. The number of carbonyl (C=O) groups is 1. The molecule has 1 aliphatic heterocycles. The number of hydrogen-bond donors (Lipinski definition) is 0. The van der Waals surface area contributed by atoms with Gasteiger partial charge in [0.25, 0.3) is 5.91 Å². The van der Waals surface area contributed by atoms with Gasteiger partial charge in [0.2, 0.25) is 0 Å². The summed E-state index contributed by atoms with van der Waals surface area (Å²) < 4.78 is 12.8. The quantitative estimate of drug-likeness (QED) is 0.518. The Kier molecular flexibility index (Phi) is 7.37. The normalized spacial score (nSPS) is 15.0. The highest BCUT2D eigenvalue weighted by Gasteiger charge is 2.31. The van der Waals surface area contributed by atoms with Crippen molar-refractivity contribution < 1.29 is 14.3 Å². The molecule has 0 radical (unpaired) electrons. The summed E-state index contributed by atoms with van der Waals surface area (Å²) in [7, 11) is 3.20. The number of aromatic nitrogens is 2. The molecule has 2 heterocycles. The van der Waals surface area contributed by atoms with Crippen LogP contribution in [-0.4, -0.2) is 71.9 Å². The Labute approximate surface area is 206 Å². The maximum Gasteiger partial charge on any atom is 0.257 e. The molecule has 0 spiro atoms. The summed E-state index contributed by atoms with van der Waals surface area (Å²) >= 11 is 0. The van der Waals surface area contributed by atoms with Gasteiger partial charge in [0, 0.05) is 37.9 Å². The van der Waals surface area contributed by atoms with E-state index in [0.29, 0.717) is 54.5 Å². The molecular weight excluding hydrogens is 442 g/mol. The van der Waals surface area contributed by atoms with E-state index in [-0.39, 0.29) is 17.9 Å². The summed E-state index contributed by atoms with van der Waals surface area (Å²) in [5.74, 6) is 1.40. The van der Waals surface area contributed by atoms with Crippen LogP contribution in [0, 0.1) is 17.2 Å². The molecule has 2 aromatic carbocycles. The first-order valence-electron chi connectivity index (χ1n) is 11.8. The molecule has 1 aromatic heterocycles. The highest BCUT2D eigenvalue weighted by atomic mass is 16.5. The predicted octanol–water partition coefficient (Wildman–Crippen LogP) is 3.86. The number of benzene rings is 2. The van der Waals surface area contributed by atoms with E-state index in [9.17, 15) is 10.1 Å². The van der Waals surface area contributed by atoms with Crippen LogP contribution in [0.25, 0.3) is 16.9 Å².